The summed E-state index contributed by atoms with van der Waals surface area (Å²) in [4.78, 5) is 28.2. The molecule has 2 heterocycles. The zero-order chi connectivity index (χ0) is 17.1. The van der Waals surface area contributed by atoms with Gasteiger partial charge in [0.25, 0.3) is 0 Å². The lowest BCUT2D eigenvalue weighted by Gasteiger charge is -2.24. The van der Waals surface area contributed by atoms with Crippen LogP contribution in [-0.4, -0.2) is 21.9 Å². The minimum absolute atomic E-state index is 0.0289. The first kappa shape index (κ1) is 16.8. The van der Waals surface area contributed by atoms with Crippen LogP contribution in [0.25, 0.3) is 0 Å². The van der Waals surface area contributed by atoms with E-state index in [1.54, 1.807) is 22.5 Å². The second-order valence-electron chi connectivity index (χ2n) is 6.33. The molecule has 6 heteroatoms. The van der Waals surface area contributed by atoms with Crippen LogP contribution < -0.4 is 0 Å². The van der Waals surface area contributed by atoms with E-state index in [9.17, 15) is 9.59 Å². The van der Waals surface area contributed by atoms with E-state index in [0.29, 0.717) is 32.4 Å². The van der Waals surface area contributed by atoms with Crippen molar-refractivity contribution in [2.45, 2.75) is 39.3 Å². The Morgan fingerprint density at radius 1 is 1.25 bits per heavy atom. The van der Waals surface area contributed by atoms with Gasteiger partial charge in [0, 0.05) is 15.7 Å². The molecule has 0 unspecified atom stereocenters. The Bertz CT molecular complexity index is 706. The van der Waals surface area contributed by atoms with Crippen LogP contribution >= 0.6 is 11.3 Å². The van der Waals surface area contributed by atoms with Gasteiger partial charge in [-0.2, -0.15) is 0 Å². The van der Waals surface area contributed by atoms with Crippen LogP contribution in [0.1, 0.15) is 34.8 Å². The van der Waals surface area contributed by atoms with E-state index in [1.807, 2.05) is 31.2 Å². The van der Waals surface area contributed by atoms with Crippen molar-refractivity contribution in [2.24, 2.45) is 11.8 Å². The van der Waals surface area contributed by atoms with Gasteiger partial charge >= 0.3 is 5.97 Å². The van der Waals surface area contributed by atoms with Crippen molar-refractivity contribution in [2.75, 3.05) is 0 Å². The number of rotatable bonds is 6. The highest BCUT2D eigenvalue weighted by Crippen LogP contribution is 2.33. The van der Waals surface area contributed by atoms with E-state index in [-0.39, 0.29) is 11.8 Å². The summed E-state index contributed by atoms with van der Waals surface area (Å²) in [5, 5.41) is 9.16. The minimum atomic E-state index is -0.795. The lowest BCUT2D eigenvalue weighted by atomic mass is 10.0. The van der Waals surface area contributed by atoms with Crippen LogP contribution in [0.4, 0.5) is 0 Å². The average molecular weight is 347 g/mol. The molecule has 128 valence electrons. The lowest BCUT2D eigenvalue weighted by Crippen LogP contribution is -2.34. The molecule has 1 fully saturated rings. The van der Waals surface area contributed by atoms with Gasteiger partial charge in [-0.25, -0.2) is 0 Å². The molecule has 0 aliphatic heterocycles. The quantitative estimate of drug-likeness (QED) is 0.865. The van der Waals surface area contributed by atoms with E-state index < -0.39 is 11.9 Å². The second-order valence-corrected chi connectivity index (χ2v) is 7.70. The largest absolute Gasteiger partial charge is 0.481 e. The van der Waals surface area contributed by atoms with Crippen molar-refractivity contribution in [1.29, 1.82) is 0 Å². The fourth-order valence-electron chi connectivity index (χ4n) is 3.25. The van der Waals surface area contributed by atoms with Crippen molar-refractivity contribution in [1.82, 2.24) is 4.90 Å². The predicted molar refractivity (Wildman–Crippen MR) is 90.5 cm³/mol. The Morgan fingerprint density at radius 3 is 2.62 bits per heavy atom. The zero-order valence-electron chi connectivity index (χ0n) is 13.6. The summed E-state index contributed by atoms with van der Waals surface area (Å²) in [6.07, 6.45) is 3.27. The SMILES string of the molecule is Cc1ccc(CN(Cc2ccco2)C(=O)[C@@H]2CC[C@H](C(=O)O)C2)s1. The molecule has 0 bridgehead atoms. The highest BCUT2D eigenvalue weighted by Gasteiger charge is 2.36. The molecule has 0 saturated heterocycles. The van der Waals surface area contributed by atoms with Gasteiger partial charge in [-0.3, -0.25) is 9.59 Å². The summed E-state index contributed by atoms with van der Waals surface area (Å²) in [6.45, 7) is 2.99. The fraction of sp³-hybridized carbons (Fsp3) is 0.444. The second kappa shape index (κ2) is 7.21. The maximum Gasteiger partial charge on any atom is 0.306 e. The van der Waals surface area contributed by atoms with Crippen LogP contribution in [0.2, 0.25) is 0 Å². The average Bonchev–Trinajstić information content (AvgIpc) is 3.27. The summed E-state index contributed by atoms with van der Waals surface area (Å²) < 4.78 is 5.39. The molecule has 0 aromatic carbocycles. The van der Waals surface area contributed by atoms with Crippen LogP contribution in [0.15, 0.2) is 34.9 Å². The molecule has 1 N–H and O–H groups in total. The topological polar surface area (TPSA) is 70.8 Å². The van der Waals surface area contributed by atoms with Crippen molar-refractivity contribution >= 4 is 23.2 Å². The van der Waals surface area contributed by atoms with E-state index >= 15 is 0 Å². The Morgan fingerprint density at radius 2 is 2.04 bits per heavy atom. The van der Waals surface area contributed by atoms with E-state index in [2.05, 4.69) is 0 Å². The number of aryl methyl sites for hydroxylation is 1. The van der Waals surface area contributed by atoms with Crippen LogP contribution in [0.5, 0.6) is 0 Å². The standard InChI is InChI=1S/C18H21NO4S/c1-12-4-7-16(24-12)11-19(10-15-3-2-8-23-15)17(20)13-5-6-14(9-13)18(21)22/h2-4,7-8,13-14H,5-6,9-11H2,1H3,(H,21,22)/t13-,14+/m1/s1. The van der Waals surface area contributed by atoms with Gasteiger partial charge < -0.3 is 14.4 Å². The Balaban J connectivity index is 1.73. The van der Waals surface area contributed by atoms with Gasteiger partial charge in [0.1, 0.15) is 5.76 Å². The number of hydrogen-bond donors (Lipinski definition) is 1. The molecule has 2 atom stereocenters. The number of carbonyl (C=O) groups excluding carboxylic acids is 1. The summed E-state index contributed by atoms with van der Waals surface area (Å²) in [7, 11) is 0. The molecule has 1 saturated carbocycles. The maximum atomic E-state index is 12.9. The molecule has 1 aliphatic rings. The molecule has 1 aliphatic carbocycles. The molecule has 3 rings (SSSR count). The van der Waals surface area contributed by atoms with Crippen molar-refractivity contribution < 1.29 is 19.1 Å². The molecule has 2 aromatic rings. The number of furan rings is 1. The first-order valence-electron chi connectivity index (χ1n) is 8.12. The lowest BCUT2D eigenvalue weighted by molar-refractivity contribution is -0.142. The number of carboxylic acid groups (broad SMARTS) is 1. The van der Waals surface area contributed by atoms with Gasteiger partial charge in [0.2, 0.25) is 5.91 Å². The first-order chi connectivity index (χ1) is 11.5. The van der Waals surface area contributed by atoms with E-state index in [0.717, 1.165) is 10.6 Å². The van der Waals surface area contributed by atoms with Crippen LogP contribution in [0.3, 0.4) is 0 Å². The van der Waals surface area contributed by atoms with Crippen molar-refractivity contribution in [3.8, 4) is 0 Å². The fourth-order valence-corrected chi connectivity index (χ4v) is 4.16. The molecular formula is C18H21NO4S. The van der Waals surface area contributed by atoms with Gasteiger partial charge in [0.15, 0.2) is 0 Å². The highest BCUT2D eigenvalue weighted by atomic mass is 32.1. The minimum Gasteiger partial charge on any atom is -0.481 e. The Kier molecular flexibility index (Phi) is 5.04. The smallest absolute Gasteiger partial charge is 0.306 e. The van der Waals surface area contributed by atoms with Gasteiger partial charge in [0.05, 0.1) is 25.3 Å². The number of thiophene rings is 1. The summed E-state index contributed by atoms with van der Waals surface area (Å²) in [5.74, 6) is -0.627. The van der Waals surface area contributed by atoms with E-state index in [4.69, 9.17) is 9.52 Å². The number of hydrogen-bond acceptors (Lipinski definition) is 4. The summed E-state index contributed by atoms with van der Waals surface area (Å²) in [5.41, 5.74) is 0. The monoisotopic (exact) mass is 347 g/mol. The third kappa shape index (κ3) is 3.87. The number of carboxylic acids is 1. The van der Waals surface area contributed by atoms with Crippen LogP contribution in [0, 0.1) is 18.8 Å². The molecule has 0 radical (unpaired) electrons. The summed E-state index contributed by atoms with van der Waals surface area (Å²) in [6, 6.07) is 7.75. The summed E-state index contributed by atoms with van der Waals surface area (Å²) >= 11 is 1.68. The number of aliphatic carboxylic acids is 1. The predicted octanol–water partition coefficient (Wildman–Crippen LogP) is 3.68. The molecule has 1 amide bonds. The maximum absolute atomic E-state index is 12.9. The first-order valence-corrected chi connectivity index (χ1v) is 8.94. The van der Waals surface area contributed by atoms with Gasteiger partial charge in [-0.15, -0.1) is 11.3 Å². The zero-order valence-corrected chi connectivity index (χ0v) is 14.4. The van der Waals surface area contributed by atoms with Crippen molar-refractivity contribution in [3.05, 3.63) is 46.0 Å². The molecule has 0 spiro atoms. The number of nitrogens with zero attached hydrogens (tertiary/aromatic N) is 1. The number of amides is 1. The molecule has 24 heavy (non-hydrogen) atoms. The van der Waals surface area contributed by atoms with Gasteiger partial charge in [-0.1, -0.05) is 0 Å². The molecule has 2 aromatic heterocycles. The van der Waals surface area contributed by atoms with E-state index in [1.165, 1.54) is 4.88 Å². The Labute approximate surface area is 144 Å². The van der Waals surface area contributed by atoms with Crippen molar-refractivity contribution in [3.63, 3.8) is 0 Å². The highest BCUT2D eigenvalue weighted by molar-refractivity contribution is 7.11. The Hall–Kier alpha value is -2.08. The number of carbonyl (C=O) groups is 2. The normalized spacial score (nSPS) is 20.2. The third-order valence-corrected chi connectivity index (χ3v) is 5.50. The third-order valence-electron chi connectivity index (χ3n) is 4.51. The molecule has 5 nitrogen and oxygen atoms in total. The van der Waals surface area contributed by atoms with Crippen LogP contribution in [-0.2, 0) is 22.7 Å². The van der Waals surface area contributed by atoms with Gasteiger partial charge in [-0.05, 0) is 50.5 Å². The molecular weight excluding hydrogens is 326 g/mol.